The molecule has 0 aliphatic rings. The van der Waals surface area contributed by atoms with E-state index in [1.54, 1.807) is 6.07 Å². The summed E-state index contributed by atoms with van der Waals surface area (Å²) in [7, 11) is 0. The quantitative estimate of drug-likeness (QED) is 0.303. The first-order chi connectivity index (χ1) is 4.22. The molecule has 0 rings (SSSR count). The summed E-state index contributed by atoms with van der Waals surface area (Å²) in [6.45, 7) is 1.39. The van der Waals surface area contributed by atoms with E-state index in [0.29, 0.717) is 0 Å². The van der Waals surface area contributed by atoms with Gasteiger partial charge in [-0.25, -0.2) is 0 Å². The van der Waals surface area contributed by atoms with Crippen molar-refractivity contribution in [3.63, 3.8) is 0 Å². The van der Waals surface area contributed by atoms with E-state index in [2.05, 4.69) is 5.32 Å². The van der Waals surface area contributed by atoms with Crippen LogP contribution in [0.15, 0.2) is 0 Å². The number of nitrogens with zero attached hydrogens (tertiary/aromatic N) is 3. The molecular formula is C5H4N3NaO. The van der Waals surface area contributed by atoms with E-state index in [4.69, 9.17) is 10.5 Å². The molecule has 10 heavy (non-hydrogen) atoms. The first-order valence-electron chi connectivity index (χ1n) is 2.25. The fraction of sp³-hybridized carbons (Fsp3) is 0.400. The van der Waals surface area contributed by atoms with Gasteiger partial charge in [-0.05, 0) is 6.92 Å². The fourth-order valence-corrected chi connectivity index (χ4v) is 0.201. The number of rotatable bonds is 1. The SMILES string of the molecule is CC(C#N)C(=O)[N-]C#N.[Na+]. The van der Waals surface area contributed by atoms with E-state index in [-0.39, 0.29) is 29.6 Å². The van der Waals surface area contributed by atoms with Crippen molar-refractivity contribution in [2.75, 3.05) is 0 Å². The number of hydrogen-bond acceptors (Lipinski definition) is 3. The Labute approximate surface area is 81.1 Å². The van der Waals surface area contributed by atoms with Crippen LogP contribution in [0.25, 0.3) is 5.32 Å². The van der Waals surface area contributed by atoms with Crippen molar-refractivity contribution >= 4 is 5.91 Å². The summed E-state index contributed by atoms with van der Waals surface area (Å²) in [6, 6.07) is 1.66. The Morgan fingerprint density at radius 2 is 2.10 bits per heavy atom. The van der Waals surface area contributed by atoms with Crippen LogP contribution in [0.4, 0.5) is 0 Å². The van der Waals surface area contributed by atoms with Gasteiger partial charge in [0.05, 0.1) is 6.07 Å². The summed E-state index contributed by atoms with van der Waals surface area (Å²) in [5.41, 5.74) is 0. The predicted molar refractivity (Wildman–Crippen MR) is 28.8 cm³/mol. The maximum Gasteiger partial charge on any atom is 1.00 e. The van der Waals surface area contributed by atoms with Crippen LogP contribution >= 0.6 is 0 Å². The van der Waals surface area contributed by atoms with Gasteiger partial charge in [0.2, 0.25) is 0 Å². The van der Waals surface area contributed by atoms with E-state index in [0.717, 1.165) is 0 Å². The van der Waals surface area contributed by atoms with Crippen LogP contribution in [-0.2, 0) is 4.79 Å². The van der Waals surface area contributed by atoms with Gasteiger partial charge in [0, 0.05) is 0 Å². The Morgan fingerprint density at radius 3 is 2.40 bits per heavy atom. The zero-order valence-electron chi connectivity index (χ0n) is 5.83. The Kier molecular flexibility index (Phi) is 7.99. The summed E-state index contributed by atoms with van der Waals surface area (Å²) < 4.78 is 0. The molecule has 0 N–H and O–H groups in total. The number of hydrogen-bond donors (Lipinski definition) is 0. The molecule has 0 saturated heterocycles. The second-order valence-electron chi connectivity index (χ2n) is 1.40. The molecule has 1 amide bonds. The van der Waals surface area contributed by atoms with E-state index >= 15 is 0 Å². The molecule has 0 saturated carbocycles. The third kappa shape index (κ3) is 4.34. The van der Waals surface area contributed by atoms with Crippen molar-refractivity contribution in [2.45, 2.75) is 6.92 Å². The molecule has 0 radical (unpaired) electrons. The summed E-state index contributed by atoms with van der Waals surface area (Å²) in [5.74, 6) is -1.48. The number of carbonyl (C=O) groups excluding carboxylic acids is 1. The van der Waals surface area contributed by atoms with Crippen LogP contribution in [0.2, 0.25) is 0 Å². The molecule has 0 aromatic rings. The van der Waals surface area contributed by atoms with E-state index in [1.165, 1.54) is 13.1 Å². The molecule has 0 spiro atoms. The van der Waals surface area contributed by atoms with Crippen LogP contribution < -0.4 is 29.6 Å². The van der Waals surface area contributed by atoms with Crippen molar-refractivity contribution < 1.29 is 34.4 Å². The maximum atomic E-state index is 10.4. The standard InChI is InChI=1S/C5H5N3O.Na/c1-4(2-6)5(9)8-3-7;/h4H,1H3,(H,8,9);/q;+1/p-1. The van der Waals surface area contributed by atoms with Gasteiger partial charge in [-0.15, -0.1) is 0 Å². The largest absolute Gasteiger partial charge is 1.00 e. The summed E-state index contributed by atoms with van der Waals surface area (Å²) in [5, 5.41) is 18.8. The van der Waals surface area contributed by atoms with Gasteiger partial charge in [0.1, 0.15) is 5.92 Å². The zero-order valence-corrected chi connectivity index (χ0v) is 7.83. The molecule has 0 bridgehead atoms. The topological polar surface area (TPSA) is 78.8 Å². The van der Waals surface area contributed by atoms with Gasteiger partial charge in [0.15, 0.2) is 5.91 Å². The first kappa shape index (κ1) is 12.2. The fourth-order valence-electron chi connectivity index (χ4n) is 0.201. The smallest absolute Gasteiger partial charge is 0.494 e. The summed E-state index contributed by atoms with van der Waals surface area (Å²) in [6.07, 6.45) is 1.31. The number of amides is 1. The van der Waals surface area contributed by atoms with Gasteiger partial charge in [-0.2, -0.15) is 5.26 Å². The second kappa shape index (κ2) is 6.57. The molecule has 0 aliphatic carbocycles. The Balaban J connectivity index is 0. The molecule has 1 unspecified atom stereocenters. The van der Waals surface area contributed by atoms with Crippen molar-refractivity contribution in [1.29, 1.82) is 10.5 Å². The Hall–Kier alpha value is -0.550. The molecule has 4 nitrogen and oxygen atoms in total. The van der Waals surface area contributed by atoms with Crippen LogP contribution in [0.5, 0.6) is 0 Å². The minimum atomic E-state index is -0.801. The third-order valence-corrected chi connectivity index (χ3v) is 0.724. The third-order valence-electron chi connectivity index (χ3n) is 0.724. The molecule has 46 valence electrons. The van der Waals surface area contributed by atoms with Crippen LogP contribution in [-0.4, -0.2) is 5.91 Å². The van der Waals surface area contributed by atoms with Crippen molar-refractivity contribution in [3.8, 4) is 12.3 Å². The second-order valence-corrected chi connectivity index (χ2v) is 1.40. The summed E-state index contributed by atoms with van der Waals surface area (Å²) >= 11 is 0. The number of nitriles is 2. The van der Waals surface area contributed by atoms with Crippen LogP contribution in [0.3, 0.4) is 0 Å². The average Bonchev–Trinajstić information content (AvgIpc) is 1.87. The van der Waals surface area contributed by atoms with Crippen molar-refractivity contribution in [2.24, 2.45) is 5.92 Å². The Morgan fingerprint density at radius 1 is 1.60 bits per heavy atom. The van der Waals surface area contributed by atoms with Crippen molar-refractivity contribution in [3.05, 3.63) is 5.32 Å². The molecular weight excluding hydrogens is 141 g/mol. The van der Waals surface area contributed by atoms with Crippen molar-refractivity contribution in [1.82, 2.24) is 0 Å². The number of carbonyl (C=O) groups is 1. The predicted octanol–water partition coefficient (Wildman–Crippen LogP) is -2.47. The van der Waals surface area contributed by atoms with Gasteiger partial charge >= 0.3 is 29.6 Å². The first-order valence-corrected chi connectivity index (χ1v) is 2.25. The van der Waals surface area contributed by atoms with E-state index in [9.17, 15) is 4.79 Å². The normalized spacial score (nSPS) is 9.50. The van der Waals surface area contributed by atoms with Crippen LogP contribution in [0.1, 0.15) is 6.92 Å². The Bertz CT molecular complexity index is 190. The minimum absolute atomic E-state index is 0. The summed E-state index contributed by atoms with van der Waals surface area (Å²) in [4.78, 5) is 10.4. The van der Waals surface area contributed by atoms with Gasteiger partial charge in [-0.1, -0.05) is 6.19 Å². The molecule has 0 fully saturated rings. The van der Waals surface area contributed by atoms with E-state index in [1.807, 2.05) is 0 Å². The van der Waals surface area contributed by atoms with Gasteiger partial charge < -0.3 is 10.6 Å². The van der Waals surface area contributed by atoms with Crippen LogP contribution in [0, 0.1) is 28.7 Å². The molecule has 0 heterocycles. The molecule has 1 atom stereocenters. The monoisotopic (exact) mass is 145 g/mol. The maximum absolute atomic E-state index is 10.4. The van der Waals surface area contributed by atoms with Gasteiger partial charge in [-0.3, -0.25) is 4.79 Å². The molecule has 5 heteroatoms. The van der Waals surface area contributed by atoms with E-state index < -0.39 is 11.8 Å². The molecule has 0 aliphatic heterocycles. The zero-order chi connectivity index (χ0) is 7.28. The molecule has 0 aromatic carbocycles. The molecule has 0 aromatic heterocycles. The minimum Gasteiger partial charge on any atom is -0.494 e. The average molecular weight is 145 g/mol. The van der Waals surface area contributed by atoms with Gasteiger partial charge in [0.25, 0.3) is 0 Å².